The molecule has 1 aromatic carbocycles. The zero-order chi connectivity index (χ0) is 12.0. The van der Waals surface area contributed by atoms with Crippen LogP contribution in [-0.4, -0.2) is 22.1 Å². The molecule has 0 bridgehead atoms. The monoisotopic (exact) mass is 242 g/mol. The van der Waals surface area contributed by atoms with Gasteiger partial charge >= 0.3 is 5.97 Å². The van der Waals surface area contributed by atoms with Crippen molar-refractivity contribution in [3.63, 3.8) is 0 Å². The molecule has 16 heavy (non-hydrogen) atoms. The summed E-state index contributed by atoms with van der Waals surface area (Å²) in [5.74, 6) is -1.72. The lowest BCUT2D eigenvalue weighted by atomic mass is 10.0. The summed E-state index contributed by atoms with van der Waals surface area (Å²) in [6, 6.07) is 9.51. The molecule has 1 rings (SSSR count). The molecule has 1 aromatic rings. The zero-order valence-corrected chi connectivity index (χ0v) is 9.80. The zero-order valence-electron chi connectivity index (χ0n) is 8.80. The van der Waals surface area contributed by atoms with Gasteiger partial charge in [-0.2, -0.15) is 0 Å². The minimum Gasteiger partial charge on any atom is -0.481 e. The third-order valence-electron chi connectivity index (χ3n) is 2.39. The summed E-state index contributed by atoms with van der Waals surface area (Å²) in [7, 11) is -2.71. The van der Waals surface area contributed by atoms with E-state index < -0.39 is 19.9 Å². The Morgan fingerprint density at radius 1 is 1.31 bits per heavy atom. The van der Waals surface area contributed by atoms with Gasteiger partial charge in [0.15, 0.2) is 8.03 Å². The normalized spacial score (nSPS) is 14.3. The second kappa shape index (κ2) is 6.46. The van der Waals surface area contributed by atoms with E-state index in [9.17, 15) is 9.36 Å². The van der Waals surface area contributed by atoms with Gasteiger partial charge in [-0.1, -0.05) is 30.3 Å². The molecule has 0 saturated heterocycles. The summed E-state index contributed by atoms with van der Waals surface area (Å²) in [5.41, 5.74) is 1.05. The van der Waals surface area contributed by atoms with Crippen molar-refractivity contribution in [2.45, 2.75) is 12.8 Å². The topological polar surface area (TPSA) is 74.6 Å². The van der Waals surface area contributed by atoms with Crippen molar-refractivity contribution in [1.82, 2.24) is 0 Å². The molecule has 0 radical (unpaired) electrons. The van der Waals surface area contributed by atoms with Crippen molar-refractivity contribution in [2.24, 2.45) is 5.92 Å². The van der Waals surface area contributed by atoms with E-state index in [1.807, 2.05) is 30.3 Å². The van der Waals surface area contributed by atoms with Crippen LogP contribution >= 0.6 is 8.03 Å². The molecular formula is C11H15O4P. The highest BCUT2D eigenvalue weighted by molar-refractivity contribution is 7.38. The van der Waals surface area contributed by atoms with Crippen molar-refractivity contribution >= 4 is 14.0 Å². The number of benzene rings is 1. The Morgan fingerprint density at radius 2 is 1.94 bits per heavy atom. The van der Waals surface area contributed by atoms with E-state index in [0.29, 0.717) is 12.8 Å². The molecule has 0 fully saturated rings. The Balaban J connectivity index is 2.50. The van der Waals surface area contributed by atoms with Crippen molar-refractivity contribution in [3.05, 3.63) is 35.9 Å². The molecule has 0 heterocycles. The molecule has 0 spiro atoms. The van der Waals surface area contributed by atoms with Crippen LogP contribution in [-0.2, 0) is 15.8 Å². The van der Waals surface area contributed by atoms with Crippen molar-refractivity contribution in [1.29, 1.82) is 0 Å². The first-order valence-electron chi connectivity index (χ1n) is 5.08. The second-order valence-corrected chi connectivity index (χ2v) is 4.85. The molecule has 5 heteroatoms. The van der Waals surface area contributed by atoms with Crippen LogP contribution in [0.1, 0.15) is 12.0 Å². The highest BCUT2D eigenvalue weighted by atomic mass is 31.1. The molecule has 88 valence electrons. The Kier molecular flexibility index (Phi) is 5.23. The molecular weight excluding hydrogens is 227 g/mol. The molecule has 2 atom stereocenters. The van der Waals surface area contributed by atoms with Crippen molar-refractivity contribution in [3.8, 4) is 0 Å². The number of rotatable bonds is 6. The number of carbonyl (C=O) groups is 1. The lowest BCUT2D eigenvalue weighted by Crippen LogP contribution is -2.17. The first-order chi connectivity index (χ1) is 7.59. The minimum absolute atomic E-state index is 0.132. The third-order valence-corrected chi connectivity index (χ3v) is 3.24. The van der Waals surface area contributed by atoms with Gasteiger partial charge in [0, 0.05) is 6.16 Å². The van der Waals surface area contributed by atoms with E-state index in [0.717, 1.165) is 5.56 Å². The van der Waals surface area contributed by atoms with Crippen LogP contribution in [0.3, 0.4) is 0 Å². The van der Waals surface area contributed by atoms with Gasteiger partial charge in [-0.25, -0.2) is 0 Å². The lowest BCUT2D eigenvalue weighted by molar-refractivity contribution is -0.141. The van der Waals surface area contributed by atoms with Crippen LogP contribution in [0, 0.1) is 5.92 Å². The Morgan fingerprint density at radius 3 is 2.44 bits per heavy atom. The SMILES string of the molecule is O=C(O)C(CCc1ccccc1)C[PH](=O)O. The lowest BCUT2D eigenvalue weighted by Gasteiger charge is -2.09. The van der Waals surface area contributed by atoms with Crippen molar-refractivity contribution in [2.75, 3.05) is 6.16 Å². The van der Waals surface area contributed by atoms with E-state index in [4.69, 9.17) is 10.00 Å². The first kappa shape index (κ1) is 12.9. The van der Waals surface area contributed by atoms with E-state index >= 15 is 0 Å². The molecule has 4 nitrogen and oxygen atoms in total. The molecule has 0 aliphatic carbocycles. The molecule has 0 saturated carbocycles. The summed E-state index contributed by atoms with van der Waals surface area (Å²) in [6.07, 6.45) is 0.885. The predicted molar refractivity (Wildman–Crippen MR) is 62.0 cm³/mol. The molecule has 0 aliphatic heterocycles. The van der Waals surface area contributed by atoms with Gasteiger partial charge in [0.2, 0.25) is 0 Å². The largest absolute Gasteiger partial charge is 0.481 e. The van der Waals surface area contributed by atoms with Gasteiger partial charge in [-0.15, -0.1) is 0 Å². The summed E-state index contributed by atoms with van der Waals surface area (Å²) < 4.78 is 10.6. The number of carboxylic acids is 1. The average Bonchev–Trinajstić information content (AvgIpc) is 2.25. The van der Waals surface area contributed by atoms with Gasteiger partial charge < -0.3 is 10.00 Å². The maximum atomic E-state index is 10.8. The maximum Gasteiger partial charge on any atom is 0.307 e. The van der Waals surface area contributed by atoms with Gasteiger partial charge in [0.1, 0.15) is 0 Å². The Hall–Kier alpha value is -1.12. The average molecular weight is 242 g/mol. The molecule has 0 amide bonds. The summed E-state index contributed by atoms with van der Waals surface area (Å²) in [5, 5.41) is 8.87. The maximum absolute atomic E-state index is 10.8. The number of hydrogen-bond donors (Lipinski definition) is 2. The second-order valence-electron chi connectivity index (χ2n) is 3.66. The molecule has 0 aromatic heterocycles. The fourth-order valence-electron chi connectivity index (χ4n) is 1.51. The Bertz CT molecular complexity index is 364. The van der Waals surface area contributed by atoms with Crippen LogP contribution < -0.4 is 0 Å². The van der Waals surface area contributed by atoms with Crippen LogP contribution in [0.2, 0.25) is 0 Å². The van der Waals surface area contributed by atoms with Gasteiger partial charge in [0.05, 0.1) is 5.92 Å². The molecule has 0 aliphatic rings. The fraction of sp³-hybridized carbons (Fsp3) is 0.364. The molecule has 2 N–H and O–H groups in total. The van der Waals surface area contributed by atoms with Crippen LogP contribution in [0.25, 0.3) is 0 Å². The number of aryl methyl sites for hydroxylation is 1. The van der Waals surface area contributed by atoms with E-state index in [-0.39, 0.29) is 6.16 Å². The van der Waals surface area contributed by atoms with Gasteiger partial charge in [-0.05, 0) is 18.4 Å². The fourth-order valence-corrected chi connectivity index (χ4v) is 2.31. The number of aliphatic carboxylic acids is 1. The molecule has 2 unspecified atom stereocenters. The predicted octanol–water partition coefficient (Wildman–Crippen LogP) is 1.79. The van der Waals surface area contributed by atoms with Crippen LogP contribution in [0.5, 0.6) is 0 Å². The van der Waals surface area contributed by atoms with E-state index in [1.54, 1.807) is 0 Å². The summed E-state index contributed by atoms with van der Waals surface area (Å²) in [4.78, 5) is 19.6. The van der Waals surface area contributed by atoms with Gasteiger partial charge in [0.25, 0.3) is 0 Å². The third kappa shape index (κ3) is 4.60. The highest BCUT2D eigenvalue weighted by Gasteiger charge is 2.19. The Labute approximate surface area is 94.8 Å². The summed E-state index contributed by atoms with van der Waals surface area (Å²) >= 11 is 0. The van der Waals surface area contributed by atoms with E-state index in [1.165, 1.54) is 0 Å². The van der Waals surface area contributed by atoms with E-state index in [2.05, 4.69) is 0 Å². The first-order valence-corrected chi connectivity index (χ1v) is 6.64. The smallest absolute Gasteiger partial charge is 0.307 e. The minimum atomic E-state index is -2.71. The van der Waals surface area contributed by atoms with Gasteiger partial charge in [-0.3, -0.25) is 9.36 Å². The quantitative estimate of drug-likeness (QED) is 0.746. The van der Waals surface area contributed by atoms with Crippen LogP contribution in [0.15, 0.2) is 30.3 Å². The van der Waals surface area contributed by atoms with Crippen molar-refractivity contribution < 1.29 is 19.4 Å². The summed E-state index contributed by atoms with van der Waals surface area (Å²) in [6.45, 7) is 0. The van der Waals surface area contributed by atoms with Crippen LogP contribution in [0.4, 0.5) is 0 Å². The number of carboxylic acid groups (broad SMARTS) is 1. The number of hydrogen-bond acceptors (Lipinski definition) is 2. The standard InChI is InChI=1S/C11H15O4P/c12-11(13)10(8-16(14)15)7-6-9-4-2-1-3-5-9/h1-5,10,16H,6-8H2,(H,12,13)(H,14,15). The highest BCUT2D eigenvalue weighted by Crippen LogP contribution is 2.22.